The predicted molar refractivity (Wildman–Crippen MR) is 40.3 cm³/mol. The Hall–Kier alpha value is 0.0249. The van der Waals surface area contributed by atoms with Gasteiger partial charge in [0.15, 0.2) is 7.98 Å². The van der Waals surface area contributed by atoms with E-state index < -0.39 is 0 Å². The van der Waals surface area contributed by atoms with Gasteiger partial charge < -0.3 is 4.81 Å². The molecule has 0 saturated carbocycles. The molecule has 50 valence electrons. The second-order valence-corrected chi connectivity index (χ2v) is 3.29. The summed E-state index contributed by atoms with van der Waals surface area (Å²) < 4.78 is 0. The van der Waals surface area contributed by atoms with Crippen LogP contribution in [0, 0.1) is 11.8 Å². The summed E-state index contributed by atoms with van der Waals surface area (Å²) in [6, 6.07) is 0. The Bertz CT molecular complexity index is 92.9. The van der Waals surface area contributed by atoms with Crippen LogP contribution in [-0.4, -0.2) is 25.9 Å². The van der Waals surface area contributed by atoms with E-state index >= 15 is 0 Å². The number of hydrogen-bond acceptors (Lipinski definition) is 1. The van der Waals surface area contributed by atoms with Crippen LogP contribution < -0.4 is 0 Å². The van der Waals surface area contributed by atoms with E-state index in [4.69, 9.17) is 7.98 Å². The molecule has 1 saturated heterocycles. The molecule has 2 heteroatoms. The summed E-state index contributed by atoms with van der Waals surface area (Å²) in [6.45, 7) is 6.72. The van der Waals surface area contributed by atoms with Gasteiger partial charge in [0.05, 0.1) is 0 Å². The standard InChI is InChI=1S/C7H14BN/c1-6(2)7-3-4-9(8)5-7/h6-7H,3-5H2,1-2H3. The lowest BCUT2D eigenvalue weighted by Crippen LogP contribution is -2.18. The van der Waals surface area contributed by atoms with Crippen LogP contribution in [0.4, 0.5) is 0 Å². The first-order valence-corrected chi connectivity index (χ1v) is 3.70. The van der Waals surface area contributed by atoms with Gasteiger partial charge in [-0.15, -0.1) is 0 Å². The van der Waals surface area contributed by atoms with Crippen molar-refractivity contribution in [1.82, 2.24) is 4.81 Å². The van der Waals surface area contributed by atoms with Gasteiger partial charge in [-0.2, -0.15) is 0 Å². The van der Waals surface area contributed by atoms with Crippen molar-refractivity contribution in [3.63, 3.8) is 0 Å². The first-order valence-electron chi connectivity index (χ1n) is 3.70. The summed E-state index contributed by atoms with van der Waals surface area (Å²) in [7, 11) is 5.60. The lowest BCUT2D eigenvalue weighted by atomic mass is 9.95. The summed E-state index contributed by atoms with van der Waals surface area (Å²) in [5, 5.41) is 0. The Morgan fingerprint density at radius 3 is 2.44 bits per heavy atom. The van der Waals surface area contributed by atoms with Crippen molar-refractivity contribution < 1.29 is 0 Å². The molecule has 1 aliphatic rings. The lowest BCUT2D eigenvalue weighted by Gasteiger charge is -2.13. The minimum Gasteiger partial charge on any atom is -0.353 e. The molecular formula is C7H14BN. The molecule has 1 nitrogen and oxygen atoms in total. The van der Waals surface area contributed by atoms with E-state index in [2.05, 4.69) is 13.8 Å². The Balaban J connectivity index is 2.30. The molecule has 1 fully saturated rings. The van der Waals surface area contributed by atoms with Gasteiger partial charge in [-0.1, -0.05) is 13.8 Å². The molecule has 1 aliphatic heterocycles. The Morgan fingerprint density at radius 2 is 2.22 bits per heavy atom. The van der Waals surface area contributed by atoms with Crippen molar-refractivity contribution in [2.24, 2.45) is 11.8 Å². The van der Waals surface area contributed by atoms with Crippen LogP contribution in [0.3, 0.4) is 0 Å². The van der Waals surface area contributed by atoms with E-state index in [0.29, 0.717) is 0 Å². The molecule has 1 unspecified atom stereocenters. The first-order chi connectivity index (χ1) is 4.20. The monoisotopic (exact) mass is 123 g/mol. The van der Waals surface area contributed by atoms with Crippen molar-refractivity contribution in [3.8, 4) is 0 Å². The Morgan fingerprint density at radius 1 is 1.56 bits per heavy atom. The SMILES string of the molecule is [B]N1CCC(C(C)C)C1. The molecule has 1 rings (SSSR count). The Kier molecular flexibility index (Phi) is 2.17. The fraction of sp³-hybridized carbons (Fsp3) is 1.00. The molecule has 1 heterocycles. The molecule has 0 aromatic carbocycles. The van der Waals surface area contributed by atoms with Crippen LogP contribution in [0.5, 0.6) is 0 Å². The van der Waals surface area contributed by atoms with Crippen molar-refractivity contribution in [3.05, 3.63) is 0 Å². The van der Waals surface area contributed by atoms with Crippen molar-refractivity contribution in [2.45, 2.75) is 20.3 Å². The minimum atomic E-state index is 0.804. The fourth-order valence-electron chi connectivity index (χ4n) is 1.36. The smallest absolute Gasteiger partial charge is 0.182 e. The molecule has 0 aromatic rings. The highest BCUT2D eigenvalue weighted by atomic mass is 15.0. The summed E-state index contributed by atoms with van der Waals surface area (Å²) in [4.78, 5) is 1.92. The number of rotatable bonds is 1. The van der Waals surface area contributed by atoms with Gasteiger partial charge in [-0.25, -0.2) is 0 Å². The zero-order valence-electron chi connectivity index (χ0n) is 6.30. The third kappa shape index (κ3) is 1.72. The van der Waals surface area contributed by atoms with Gasteiger partial charge in [0.25, 0.3) is 0 Å². The largest absolute Gasteiger partial charge is 0.353 e. The number of nitrogens with zero attached hydrogens (tertiary/aromatic N) is 1. The normalized spacial score (nSPS) is 29.9. The average Bonchev–Trinajstić information content (AvgIpc) is 2.14. The van der Waals surface area contributed by atoms with Gasteiger partial charge in [-0.05, 0) is 31.3 Å². The maximum absolute atomic E-state index is 5.60. The maximum Gasteiger partial charge on any atom is 0.182 e. The van der Waals surface area contributed by atoms with Crippen LogP contribution >= 0.6 is 0 Å². The fourth-order valence-corrected chi connectivity index (χ4v) is 1.36. The van der Waals surface area contributed by atoms with E-state index in [1.807, 2.05) is 4.81 Å². The third-order valence-corrected chi connectivity index (χ3v) is 2.20. The zero-order chi connectivity index (χ0) is 6.85. The van der Waals surface area contributed by atoms with Crippen molar-refractivity contribution in [1.29, 1.82) is 0 Å². The van der Waals surface area contributed by atoms with E-state index in [1.54, 1.807) is 0 Å². The average molecular weight is 123 g/mol. The van der Waals surface area contributed by atoms with Crippen molar-refractivity contribution >= 4 is 7.98 Å². The zero-order valence-corrected chi connectivity index (χ0v) is 6.30. The van der Waals surface area contributed by atoms with E-state index in [0.717, 1.165) is 24.9 Å². The Labute approximate surface area is 58.9 Å². The molecule has 0 spiro atoms. The molecule has 0 bridgehead atoms. The molecular weight excluding hydrogens is 109 g/mol. The third-order valence-electron chi connectivity index (χ3n) is 2.20. The molecule has 1 atom stereocenters. The summed E-state index contributed by atoms with van der Waals surface area (Å²) in [6.07, 6.45) is 1.29. The molecule has 0 amide bonds. The highest BCUT2D eigenvalue weighted by Gasteiger charge is 2.20. The molecule has 0 aromatic heterocycles. The van der Waals surface area contributed by atoms with Crippen LogP contribution in [0.15, 0.2) is 0 Å². The first kappa shape index (κ1) is 7.14. The summed E-state index contributed by atoms with van der Waals surface area (Å²) in [5.74, 6) is 1.65. The van der Waals surface area contributed by atoms with Crippen LogP contribution in [0.25, 0.3) is 0 Å². The lowest BCUT2D eigenvalue weighted by molar-refractivity contribution is 0.397. The maximum atomic E-state index is 5.60. The van der Waals surface area contributed by atoms with Crippen molar-refractivity contribution in [2.75, 3.05) is 13.1 Å². The van der Waals surface area contributed by atoms with Gasteiger partial charge in [0, 0.05) is 0 Å². The topological polar surface area (TPSA) is 3.24 Å². The summed E-state index contributed by atoms with van der Waals surface area (Å²) in [5.41, 5.74) is 0. The van der Waals surface area contributed by atoms with Crippen LogP contribution in [0.1, 0.15) is 20.3 Å². The van der Waals surface area contributed by atoms with Crippen LogP contribution in [0.2, 0.25) is 0 Å². The second-order valence-electron chi connectivity index (χ2n) is 3.29. The minimum absolute atomic E-state index is 0.804. The molecule has 9 heavy (non-hydrogen) atoms. The predicted octanol–water partition coefficient (Wildman–Crippen LogP) is 1.05. The highest BCUT2D eigenvalue weighted by Crippen LogP contribution is 2.21. The molecule has 0 aliphatic carbocycles. The van der Waals surface area contributed by atoms with Gasteiger partial charge in [0.2, 0.25) is 0 Å². The van der Waals surface area contributed by atoms with Gasteiger partial charge in [-0.3, -0.25) is 0 Å². The number of hydrogen-bond donors (Lipinski definition) is 0. The van der Waals surface area contributed by atoms with Crippen LogP contribution in [-0.2, 0) is 0 Å². The highest BCUT2D eigenvalue weighted by molar-refractivity contribution is 6.04. The molecule has 2 radical (unpaired) electrons. The van der Waals surface area contributed by atoms with Gasteiger partial charge >= 0.3 is 0 Å². The van der Waals surface area contributed by atoms with E-state index in [9.17, 15) is 0 Å². The molecule has 0 N–H and O–H groups in total. The van der Waals surface area contributed by atoms with E-state index in [1.165, 1.54) is 6.42 Å². The summed E-state index contributed by atoms with van der Waals surface area (Å²) >= 11 is 0. The van der Waals surface area contributed by atoms with E-state index in [-0.39, 0.29) is 0 Å². The second kappa shape index (κ2) is 2.74. The van der Waals surface area contributed by atoms with Gasteiger partial charge in [0.1, 0.15) is 0 Å². The quantitative estimate of drug-likeness (QED) is 0.471.